The molecule has 2 aromatic rings. The summed E-state index contributed by atoms with van der Waals surface area (Å²) >= 11 is 5.93. The molecule has 0 aromatic heterocycles. The molecule has 1 aliphatic heterocycles. The fourth-order valence-corrected chi connectivity index (χ4v) is 2.40. The third-order valence-corrected chi connectivity index (χ3v) is 3.60. The minimum Gasteiger partial charge on any atom is -0.546 e. The quantitative estimate of drug-likeness (QED) is 0.793. The summed E-state index contributed by atoms with van der Waals surface area (Å²) in [5.41, 5.74) is 0.304. The van der Waals surface area contributed by atoms with Crippen LogP contribution in [0.4, 0.5) is 4.39 Å². The number of aliphatic carboxylic acids is 1. The Balaban J connectivity index is 1.90. The normalized spacial score (nSPS) is 14.4. The minimum absolute atomic E-state index is 0.0451. The van der Waals surface area contributed by atoms with Crippen molar-refractivity contribution >= 4 is 29.4 Å². The van der Waals surface area contributed by atoms with Gasteiger partial charge < -0.3 is 19.4 Å². The summed E-state index contributed by atoms with van der Waals surface area (Å²) in [7, 11) is 0. The van der Waals surface area contributed by atoms with E-state index in [1.807, 2.05) is 0 Å². The third kappa shape index (κ3) is 3.09. The molecule has 0 N–H and O–H groups in total. The van der Waals surface area contributed by atoms with Crippen molar-refractivity contribution in [1.29, 1.82) is 0 Å². The molecule has 0 aliphatic carbocycles. The molecule has 1 aliphatic rings. The minimum atomic E-state index is -1.37. The predicted molar refractivity (Wildman–Crippen MR) is 81.3 cm³/mol. The number of fused-ring (bicyclic) bond motifs is 1. The molecule has 0 saturated carbocycles. The zero-order chi connectivity index (χ0) is 17.3. The number of carboxylic acids is 1. The second-order valence-electron chi connectivity index (χ2n) is 4.89. The van der Waals surface area contributed by atoms with Gasteiger partial charge in [0.05, 0.1) is 16.6 Å². The van der Waals surface area contributed by atoms with Crippen molar-refractivity contribution in [3.8, 4) is 11.5 Å². The van der Waals surface area contributed by atoms with Gasteiger partial charge in [0.15, 0.2) is 5.76 Å². The van der Waals surface area contributed by atoms with Crippen LogP contribution >= 0.6 is 11.6 Å². The highest BCUT2D eigenvalue weighted by Gasteiger charge is 2.28. The summed E-state index contributed by atoms with van der Waals surface area (Å²) in [6.07, 6.45) is 1.22. The van der Waals surface area contributed by atoms with Crippen molar-refractivity contribution in [3.05, 3.63) is 64.1 Å². The van der Waals surface area contributed by atoms with Gasteiger partial charge in [-0.25, -0.2) is 4.39 Å². The molecule has 0 spiro atoms. The summed E-state index contributed by atoms with van der Waals surface area (Å²) in [6, 6.07) is 8.41. The first-order chi connectivity index (χ1) is 11.5. The zero-order valence-corrected chi connectivity index (χ0v) is 12.8. The molecule has 3 rings (SSSR count). The molecule has 0 bridgehead atoms. The van der Waals surface area contributed by atoms with Gasteiger partial charge in [0, 0.05) is 11.6 Å². The van der Waals surface area contributed by atoms with E-state index in [1.54, 1.807) is 0 Å². The Morgan fingerprint density at radius 3 is 2.83 bits per heavy atom. The Labute approximate surface area is 140 Å². The number of carboxylic acid groups (broad SMARTS) is 1. The highest BCUT2D eigenvalue weighted by atomic mass is 35.5. The number of carbonyl (C=O) groups excluding carboxylic acids is 2. The second-order valence-corrected chi connectivity index (χ2v) is 5.30. The van der Waals surface area contributed by atoms with Gasteiger partial charge >= 0.3 is 0 Å². The SMILES string of the molecule is O=C([O-])COc1ccc2c(c1)O/C(=C/c1c(F)cccc1Cl)C2=O. The fraction of sp³-hybridized carbons (Fsp3) is 0.0588. The Morgan fingerprint density at radius 2 is 2.12 bits per heavy atom. The number of ketones is 1. The first kappa shape index (κ1) is 16.0. The monoisotopic (exact) mass is 347 g/mol. The fourth-order valence-electron chi connectivity index (χ4n) is 2.18. The Hall–Kier alpha value is -2.86. The third-order valence-electron chi connectivity index (χ3n) is 3.27. The molecular formula is C17H9ClFO5-. The van der Waals surface area contributed by atoms with Gasteiger partial charge in [0.1, 0.15) is 23.9 Å². The highest BCUT2D eigenvalue weighted by molar-refractivity contribution is 6.32. The maximum atomic E-state index is 13.8. The Morgan fingerprint density at radius 1 is 1.33 bits per heavy atom. The first-order valence-electron chi connectivity index (χ1n) is 6.80. The van der Waals surface area contributed by atoms with E-state index in [9.17, 15) is 19.1 Å². The average molecular weight is 348 g/mol. The second kappa shape index (κ2) is 6.33. The van der Waals surface area contributed by atoms with E-state index >= 15 is 0 Å². The molecule has 24 heavy (non-hydrogen) atoms. The van der Waals surface area contributed by atoms with E-state index in [2.05, 4.69) is 0 Å². The molecule has 0 atom stereocenters. The highest BCUT2D eigenvalue weighted by Crippen LogP contribution is 2.35. The van der Waals surface area contributed by atoms with Gasteiger partial charge in [0.25, 0.3) is 0 Å². The van der Waals surface area contributed by atoms with Crippen LogP contribution in [0, 0.1) is 5.82 Å². The molecule has 2 aromatic carbocycles. The van der Waals surface area contributed by atoms with E-state index in [1.165, 1.54) is 42.5 Å². The lowest BCUT2D eigenvalue weighted by Crippen LogP contribution is -2.28. The molecule has 1 heterocycles. The predicted octanol–water partition coefficient (Wildman–Crippen LogP) is 2.22. The molecule has 0 unspecified atom stereocenters. The van der Waals surface area contributed by atoms with Gasteiger partial charge in [0.2, 0.25) is 5.78 Å². The van der Waals surface area contributed by atoms with Crippen molar-refractivity contribution in [2.45, 2.75) is 0 Å². The van der Waals surface area contributed by atoms with Crippen LogP contribution in [0.3, 0.4) is 0 Å². The van der Waals surface area contributed by atoms with Crippen LogP contribution < -0.4 is 14.6 Å². The molecule has 122 valence electrons. The van der Waals surface area contributed by atoms with Crippen LogP contribution in [0.5, 0.6) is 11.5 Å². The zero-order valence-electron chi connectivity index (χ0n) is 12.0. The summed E-state index contributed by atoms with van der Waals surface area (Å²) in [6.45, 7) is -0.625. The number of ether oxygens (including phenoxy) is 2. The van der Waals surface area contributed by atoms with Gasteiger partial charge in [-0.15, -0.1) is 0 Å². The van der Waals surface area contributed by atoms with E-state index in [-0.39, 0.29) is 33.4 Å². The van der Waals surface area contributed by atoms with Gasteiger partial charge in [-0.2, -0.15) is 0 Å². The van der Waals surface area contributed by atoms with Crippen LogP contribution in [-0.2, 0) is 4.79 Å². The van der Waals surface area contributed by atoms with Crippen molar-refractivity contribution in [3.63, 3.8) is 0 Å². The van der Waals surface area contributed by atoms with Crippen LogP contribution in [0.2, 0.25) is 5.02 Å². The number of benzene rings is 2. The molecule has 0 saturated heterocycles. The summed E-state index contributed by atoms with van der Waals surface area (Å²) in [4.78, 5) is 22.7. The first-order valence-corrected chi connectivity index (χ1v) is 7.18. The summed E-state index contributed by atoms with van der Waals surface area (Å²) in [5, 5.41) is 10.5. The maximum Gasteiger partial charge on any atom is 0.231 e. The van der Waals surface area contributed by atoms with Crippen molar-refractivity contribution in [2.24, 2.45) is 0 Å². The maximum absolute atomic E-state index is 13.8. The number of rotatable bonds is 4. The van der Waals surface area contributed by atoms with Crippen LogP contribution in [0.25, 0.3) is 6.08 Å². The lowest BCUT2D eigenvalue weighted by molar-refractivity contribution is -0.307. The molecule has 0 amide bonds. The Kier molecular flexibility index (Phi) is 4.22. The lowest BCUT2D eigenvalue weighted by atomic mass is 10.1. The van der Waals surface area contributed by atoms with Crippen molar-refractivity contribution in [2.75, 3.05) is 6.61 Å². The van der Waals surface area contributed by atoms with Gasteiger partial charge in [-0.1, -0.05) is 17.7 Å². The van der Waals surface area contributed by atoms with Gasteiger partial charge in [-0.3, -0.25) is 4.79 Å². The van der Waals surface area contributed by atoms with E-state index in [0.717, 1.165) is 0 Å². The smallest absolute Gasteiger partial charge is 0.231 e. The largest absolute Gasteiger partial charge is 0.546 e. The number of carbonyl (C=O) groups is 2. The average Bonchev–Trinajstić information content (AvgIpc) is 2.85. The van der Waals surface area contributed by atoms with E-state index < -0.39 is 24.2 Å². The Bertz CT molecular complexity index is 855. The topological polar surface area (TPSA) is 75.7 Å². The molecular weight excluding hydrogens is 339 g/mol. The summed E-state index contributed by atoms with van der Waals surface area (Å²) < 4.78 is 24.2. The number of hydrogen-bond acceptors (Lipinski definition) is 5. The molecule has 0 radical (unpaired) electrons. The van der Waals surface area contributed by atoms with E-state index in [4.69, 9.17) is 21.1 Å². The van der Waals surface area contributed by atoms with Crippen LogP contribution in [-0.4, -0.2) is 18.4 Å². The molecule has 5 nitrogen and oxygen atoms in total. The van der Waals surface area contributed by atoms with Crippen LogP contribution in [0.1, 0.15) is 15.9 Å². The van der Waals surface area contributed by atoms with E-state index in [0.29, 0.717) is 0 Å². The number of Topliss-reactive ketones (excluding diaryl/α,β-unsaturated/α-hetero) is 1. The van der Waals surface area contributed by atoms with Crippen molar-refractivity contribution < 1.29 is 28.6 Å². The number of hydrogen-bond donors (Lipinski definition) is 0. The van der Waals surface area contributed by atoms with Crippen molar-refractivity contribution in [1.82, 2.24) is 0 Å². The molecule has 7 heteroatoms. The lowest BCUT2D eigenvalue weighted by Gasteiger charge is -2.07. The number of halogens is 2. The standard InChI is InChI=1S/C17H10ClFO5/c18-12-2-1-3-13(19)11(12)7-15-17(22)10-5-4-9(6-14(10)24-15)23-8-16(20)21/h1-7H,8H2,(H,20,21)/p-1/b15-7+. The van der Waals surface area contributed by atoms with Gasteiger partial charge in [-0.05, 0) is 30.3 Å². The van der Waals surface area contributed by atoms with Crippen LogP contribution in [0.15, 0.2) is 42.2 Å². The number of allylic oxidation sites excluding steroid dienone is 1. The summed E-state index contributed by atoms with van der Waals surface area (Å²) in [5.74, 6) is -2.09. The molecule has 0 fully saturated rings.